The largest absolute Gasteiger partial charge is 0.822 e. The first kappa shape index (κ1) is 90.8. The molecule has 0 spiro atoms. The average molecular weight is 1250 g/mol. The standard InChI is InChI=1S/3C24H50N2O.H3O4P/c3*1-5-7-8-9-10-11-12-13-14-15-16-17-18-19-20-21-24(27)25-23-26(3,4)22-6-2;1-5(2,3)4/h3*5-23H2,1-4H3;(H3,1,2,3,4). The summed E-state index contributed by atoms with van der Waals surface area (Å²) >= 11 is 0. The molecule has 0 aromatic rings. The van der Waals surface area contributed by atoms with Crippen LogP contribution in [0.4, 0.5) is 0 Å². The fourth-order valence-electron chi connectivity index (χ4n) is 11.2. The molecule has 3 amide bonds. The molecule has 0 bridgehead atoms. The summed E-state index contributed by atoms with van der Waals surface area (Å²) in [6.07, 6.45) is 67.1. The Morgan fingerprint density at radius 1 is 0.256 bits per heavy atom. The fourth-order valence-corrected chi connectivity index (χ4v) is 11.2. The fraction of sp³-hybridized carbons (Fsp3) is 0.958. The Balaban J connectivity index is -0.000000562. The SMILES string of the molecule is CCCCCCCCCCCCCCCCCC(=O)NC[N+](C)(C)CCC.CCCCCCCCCCCCCCCCCC(=O)NC[N+](C)(C)CCC.CCCCCCCCCCCCCCCCCC(=O)NC[N+](C)(C)CCC.O=P([O-])([O-])[O-]. The van der Waals surface area contributed by atoms with Gasteiger partial charge in [0.15, 0.2) is 20.0 Å². The highest BCUT2D eigenvalue weighted by atomic mass is 31.2. The van der Waals surface area contributed by atoms with Gasteiger partial charge in [-0.05, 0) is 38.5 Å². The zero-order valence-electron chi connectivity index (χ0n) is 60.0. The Labute approximate surface area is 537 Å². The number of amides is 3. The summed E-state index contributed by atoms with van der Waals surface area (Å²) in [5, 5.41) is 9.27. The van der Waals surface area contributed by atoms with E-state index in [4.69, 9.17) is 19.2 Å². The van der Waals surface area contributed by atoms with E-state index < -0.39 is 7.82 Å². The van der Waals surface area contributed by atoms with Crippen molar-refractivity contribution < 1.29 is 47.1 Å². The minimum Gasteiger partial charge on any atom is -0.822 e. The molecule has 0 aromatic heterocycles. The predicted octanol–water partition coefficient (Wildman–Crippen LogP) is 17.6. The summed E-state index contributed by atoms with van der Waals surface area (Å²) in [4.78, 5) is 61.4. The second-order valence-electron chi connectivity index (χ2n) is 27.8. The van der Waals surface area contributed by atoms with Crippen molar-refractivity contribution in [3.63, 3.8) is 0 Å². The number of nitrogens with zero attached hydrogens (tertiary/aromatic N) is 3. The van der Waals surface area contributed by atoms with Crippen LogP contribution in [-0.2, 0) is 18.9 Å². The number of carbonyl (C=O) groups is 3. The van der Waals surface area contributed by atoms with Gasteiger partial charge in [0.2, 0.25) is 17.7 Å². The molecule has 13 nitrogen and oxygen atoms in total. The van der Waals surface area contributed by atoms with E-state index in [0.29, 0.717) is 19.3 Å². The Kier molecular flexibility index (Phi) is 71.6. The van der Waals surface area contributed by atoms with Crippen molar-refractivity contribution in [2.75, 3.05) is 81.9 Å². The molecular formula is C72H153N6O7P. The van der Waals surface area contributed by atoms with Crippen molar-refractivity contribution >= 4 is 25.5 Å². The normalized spacial score (nSPS) is 11.7. The molecule has 0 aliphatic rings. The minimum absolute atomic E-state index is 0.229. The first-order chi connectivity index (χ1) is 41.0. The van der Waals surface area contributed by atoms with Gasteiger partial charge in [0.25, 0.3) is 0 Å². The molecule has 0 saturated carbocycles. The number of rotatable bonds is 60. The number of carbonyl (C=O) groups excluding carboxylic acids is 3. The van der Waals surface area contributed by atoms with Crippen molar-refractivity contribution in [2.24, 2.45) is 0 Å². The lowest BCUT2D eigenvalue weighted by molar-refractivity contribution is -0.892. The Hall–Kier alpha value is -1.60. The summed E-state index contributed by atoms with van der Waals surface area (Å²) in [7, 11) is 7.68. The number of quaternary nitrogens is 3. The van der Waals surface area contributed by atoms with Gasteiger partial charge in [-0.3, -0.25) is 14.4 Å². The first-order valence-electron chi connectivity index (χ1n) is 37.0. The van der Waals surface area contributed by atoms with Gasteiger partial charge in [-0.1, -0.05) is 311 Å². The maximum Gasteiger partial charge on any atom is 0.224 e. The molecular weight excluding hydrogens is 1090 g/mol. The molecule has 0 fully saturated rings. The molecule has 0 heterocycles. The van der Waals surface area contributed by atoms with Crippen LogP contribution in [0.1, 0.15) is 369 Å². The minimum atomic E-state index is -5.39. The van der Waals surface area contributed by atoms with E-state index in [1.165, 1.54) is 270 Å². The van der Waals surface area contributed by atoms with Crippen LogP contribution < -0.4 is 30.6 Å². The quantitative estimate of drug-likeness (QED) is 0.0235. The van der Waals surface area contributed by atoms with Crippen molar-refractivity contribution in [1.29, 1.82) is 0 Å². The summed E-state index contributed by atoms with van der Waals surface area (Å²) in [6.45, 7) is 19.0. The van der Waals surface area contributed by atoms with E-state index >= 15 is 0 Å². The van der Waals surface area contributed by atoms with Crippen molar-refractivity contribution in [3.8, 4) is 0 Å². The molecule has 0 saturated heterocycles. The summed E-state index contributed by atoms with van der Waals surface area (Å²) in [5.74, 6) is 0.686. The number of nitrogens with one attached hydrogen (secondary N) is 3. The lowest BCUT2D eigenvalue weighted by Crippen LogP contribution is -2.48. The highest BCUT2D eigenvalue weighted by molar-refractivity contribution is 7.40. The summed E-state index contributed by atoms with van der Waals surface area (Å²) in [5.41, 5.74) is 0. The number of unbranched alkanes of at least 4 members (excludes halogenated alkanes) is 42. The lowest BCUT2D eigenvalue weighted by Gasteiger charge is -2.36. The first-order valence-corrected chi connectivity index (χ1v) is 38.5. The molecule has 0 aromatic carbocycles. The molecule has 0 aliphatic carbocycles. The third-order valence-electron chi connectivity index (χ3n) is 16.6. The van der Waals surface area contributed by atoms with Crippen molar-refractivity contribution in [3.05, 3.63) is 0 Å². The van der Waals surface area contributed by atoms with E-state index in [2.05, 4.69) is 99.8 Å². The number of phosphoric acid groups is 1. The van der Waals surface area contributed by atoms with Gasteiger partial charge in [-0.15, -0.1) is 0 Å². The van der Waals surface area contributed by atoms with E-state index in [1.807, 2.05) is 0 Å². The third-order valence-corrected chi connectivity index (χ3v) is 16.6. The molecule has 86 heavy (non-hydrogen) atoms. The summed E-state index contributed by atoms with van der Waals surface area (Å²) in [6, 6.07) is 0. The van der Waals surface area contributed by atoms with Gasteiger partial charge in [0.1, 0.15) is 0 Å². The van der Waals surface area contributed by atoms with Gasteiger partial charge >= 0.3 is 0 Å². The topological polar surface area (TPSA) is 174 Å². The zero-order valence-corrected chi connectivity index (χ0v) is 60.8. The van der Waals surface area contributed by atoms with Crippen LogP contribution in [0.5, 0.6) is 0 Å². The Bertz CT molecular complexity index is 1300. The van der Waals surface area contributed by atoms with Crippen LogP contribution in [0.3, 0.4) is 0 Å². The molecule has 518 valence electrons. The highest BCUT2D eigenvalue weighted by Gasteiger charge is 2.17. The van der Waals surface area contributed by atoms with Gasteiger partial charge in [-0.2, -0.15) is 7.82 Å². The monoisotopic (exact) mass is 1250 g/mol. The van der Waals surface area contributed by atoms with Gasteiger partial charge in [-0.25, -0.2) is 0 Å². The Morgan fingerprint density at radius 2 is 0.384 bits per heavy atom. The Morgan fingerprint density at radius 3 is 0.512 bits per heavy atom. The molecule has 14 heteroatoms. The van der Waals surface area contributed by atoms with Crippen LogP contribution in [-0.4, -0.2) is 113 Å². The van der Waals surface area contributed by atoms with Crippen molar-refractivity contribution in [2.45, 2.75) is 369 Å². The molecule has 0 unspecified atom stereocenters. The third kappa shape index (κ3) is 86.6. The smallest absolute Gasteiger partial charge is 0.224 e. The highest BCUT2D eigenvalue weighted by Crippen LogP contribution is 2.17. The van der Waals surface area contributed by atoms with Gasteiger partial charge in [0, 0.05) is 19.3 Å². The van der Waals surface area contributed by atoms with Crippen LogP contribution in [0.2, 0.25) is 0 Å². The van der Waals surface area contributed by atoms with Crippen LogP contribution in [0.25, 0.3) is 0 Å². The second-order valence-corrected chi connectivity index (χ2v) is 28.7. The molecule has 0 atom stereocenters. The van der Waals surface area contributed by atoms with Crippen LogP contribution >= 0.6 is 7.82 Å². The lowest BCUT2D eigenvalue weighted by atomic mass is 10.0. The predicted molar refractivity (Wildman–Crippen MR) is 367 cm³/mol. The molecule has 0 aliphatic heterocycles. The maximum atomic E-state index is 11.9. The molecule has 0 radical (unpaired) electrons. The van der Waals surface area contributed by atoms with Gasteiger partial charge < -0.3 is 48.6 Å². The van der Waals surface area contributed by atoms with Crippen LogP contribution in [0.15, 0.2) is 0 Å². The molecule has 0 rings (SSSR count). The second kappa shape index (κ2) is 67.8. The number of hydrogen-bond acceptors (Lipinski definition) is 7. The van der Waals surface area contributed by atoms with Crippen LogP contribution in [0, 0.1) is 0 Å². The number of hydrogen-bond donors (Lipinski definition) is 3. The van der Waals surface area contributed by atoms with E-state index in [0.717, 1.165) is 91.6 Å². The van der Waals surface area contributed by atoms with E-state index in [1.54, 1.807) is 0 Å². The van der Waals surface area contributed by atoms with Crippen molar-refractivity contribution in [1.82, 2.24) is 16.0 Å². The summed E-state index contributed by atoms with van der Waals surface area (Å²) < 4.78 is 11.2. The van der Waals surface area contributed by atoms with E-state index in [-0.39, 0.29) is 17.7 Å². The van der Waals surface area contributed by atoms with E-state index in [9.17, 15) is 14.4 Å². The van der Waals surface area contributed by atoms with Gasteiger partial charge in [0.05, 0.1) is 61.9 Å². The zero-order chi connectivity index (χ0) is 65.2. The average Bonchev–Trinajstić information content (AvgIpc) is 3.57. The maximum absolute atomic E-state index is 11.9. The molecule has 3 N–H and O–H groups in total.